The minimum atomic E-state index is -4.36. The van der Waals surface area contributed by atoms with Crippen molar-refractivity contribution in [1.29, 1.82) is 10.7 Å². The number of benzene rings is 1. The maximum atomic E-state index is 12.8. The zero-order valence-corrected chi connectivity index (χ0v) is 17.3. The van der Waals surface area contributed by atoms with Gasteiger partial charge in [-0.15, -0.1) is 0 Å². The van der Waals surface area contributed by atoms with E-state index in [-0.39, 0.29) is 23.7 Å². The van der Waals surface area contributed by atoms with Crippen LogP contribution in [-0.2, 0) is 12.7 Å². The van der Waals surface area contributed by atoms with E-state index in [4.69, 9.17) is 5.41 Å². The average molecular weight is 432 g/mol. The lowest BCUT2D eigenvalue weighted by molar-refractivity contribution is -0.147. The largest absolute Gasteiger partial charge is 0.416 e. The molecule has 5 saturated carbocycles. The molecule has 1 aromatic carbocycles. The zero-order chi connectivity index (χ0) is 22.0. The van der Waals surface area contributed by atoms with Gasteiger partial charge in [0.25, 0.3) is 0 Å². The Labute approximate surface area is 179 Å². The molecule has 2 unspecified atom stereocenters. The topological polar surface area (TPSA) is 83.1 Å². The first-order chi connectivity index (χ1) is 14.6. The Hall–Kier alpha value is -2.11. The summed E-state index contributed by atoms with van der Waals surface area (Å²) >= 11 is 0. The van der Waals surface area contributed by atoms with Gasteiger partial charge in [0, 0.05) is 6.54 Å². The number of nitrogens with one attached hydrogen (secondary N) is 2. The highest BCUT2D eigenvalue weighted by Gasteiger charge is 2.59. The van der Waals surface area contributed by atoms with Crippen molar-refractivity contribution in [2.75, 3.05) is 0 Å². The van der Waals surface area contributed by atoms with Crippen molar-refractivity contribution in [1.82, 2.24) is 10.2 Å². The zero-order valence-electron chi connectivity index (χ0n) is 17.3. The first-order valence-corrected chi connectivity index (χ1v) is 11.0. The van der Waals surface area contributed by atoms with Gasteiger partial charge in [-0.2, -0.15) is 18.4 Å². The Morgan fingerprint density at radius 1 is 1.16 bits per heavy atom. The number of alkyl halides is 3. The van der Waals surface area contributed by atoms with Crippen LogP contribution in [0, 0.1) is 34.6 Å². The molecule has 0 radical (unpaired) electrons. The molecule has 0 aliphatic heterocycles. The van der Waals surface area contributed by atoms with E-state index in [1.54, 1.807) is 4.90 Å². The van der Waals surface area contributed by atoms with Crippen molar-refractivity contribution in [3.63, 3.8) is 0 Å². The number of amidine groups is 1. The Balaban J connectivity index is 1.27. The minimum Gasteiger partial charge on any atom is -0.390 e. The predicted octanol–water partition coefficient (Wildman–Crippen LogP) is 4.03. The van der Waals surface area contributed by atoms with Crippen LogP contribution in [0.2, 0.25) is 0 Å². The van der Waals surface area contributed by atoms with Crippen molar-refractivity contribution in [2.24, 2.45) is 17.8 Å². The first-order valence-electron chi connectivity index (χ1n) is 11.0. The van der Waals surface area contributed by atoms with E-state index in [1.807, 2.05) is 0 Å². The van der Waals surface area contributed by atoms with Crippen molar-refractivity contribution in [3.05, 3.63) is 35.4 Å². The fourth-order valence-electron chi connectivity index (χ4n) is 6.58. The summed E-state index contributed by atoms with van der Waals surface area (Å²) in [5.74, 6) is 1.27. The normalized spacial score (nSPS) is 34.9. The Kier molecular flexibility index (Phi) is 4.65. The quantitative estimate of drug-likeness (QED) is 0.284. The lowest BCUT2D eigenvalue weighted by Gasteiger charge is -2.59. The monoisotopic (exact) mass is 432 g/mol. The molecule has 1 aromatic rings. The van der Waals surface area contributed by atoms with Crippen LogP contribution < -0.4 is 5.32 Å². The third kappa shape index (κ3) is 3.62. The number of aliphatic hydroxyl groups is 1. The van der Waals surface area contributed by atoms with Crippen LogP contribution in [-0.4, -0.2) is 33.0 Å². The predicted molar refractivity (Wildman–Crippen MR) is 108 cm³/mol. The number of rotatable bonds is 5. The molecule has 166 valence electrons. The van der Waals surface area contributed by atoms with E-state index in [0.717, 1.165) is 44.2 Å². The minimum absolute atomic E-state index is 0.0281. The highest BCUT2D eigenvalue weighted by atomic mass is 19.4. The van der Waals surface area contributed by atoms with Gasteiger partial charge in [0.05, 0.1) is 22.7 Å². The summed E-state index contributed by atoms with van der Waals surface area (Å²) < 4.78 is 38.3. The van der Waals surface area contributed by atoms with Gasteiger partial charge in [-0.3, -0.25) is 10.3 Å². The van der Waals surface area contributed by atoms with Gasteiger partial charge in [0.2, 0.25) is 0 Å². The molecule has 31 heavy (non-hydrogen) atoms. The van der Waals surface area contributed by atoms with Crippen LogP contribution in [0.4, 0.5) is 13.2 Å². The Bertz CT molecular complexity index is 902. The van der Waals surface area contributed by atoms with E-state index < -0.39 is 22.9 Å². The molecule has 5 nitrogen and oxygen atoms in total. The van der Waals surface area contributed by atoms with Gasteiger partial charge in [-0.1, -0.05) is 12.1 Å². The van der Waals surface area contributed by atoms with Gasteiger partial charge in [0.15, 0.2) is 6.19 Å². The van der Waals surface area contributed by atoms with Crippen LogP contribution in [0.5, 0.6) is 0 Å². The highest BCUT2D eigenvalue weighted by molar-refractivity contribution is 5.93. The van der Waals surface area contributed by atoms with Crippen molar-refractivity contribution >= 4 is 5.84 Å². The smallest absolute Gasteiger partial charge is 0.390 e. The molecule has 2 atom stereocenters. The molecule has 5 aliphatic carbocycles. The lowest BCUT2D eigenvalue weighted by Crippen LogP contribution is -2.63. The van der Waals surface area contributed by atoms with Gasteiger partial charge in [-0.25, -0.2) is 0 Å². The molecule has 0 aromatic heterocycles. The highest BCUT2D eigenvalue weighted by Crippen LogP contribution is 2.57. The molecule has 0 heterocycles. The molecule has 6 rings (SSSR count). The SMILES string of the molecule is N#CN(C(=N)C1(NCc2ccc(C(F)(F)F)cc2)CC1)C1C2CC3CC1CC(O)(C3)C2. The molecule has 0 spiro atoms. The molecular formula is C23H27F3N4O. The molecule has 8 heteroatoms. The van der Waals surface area contributed by atoms with Crippen molar-refractivity contribution in [2.45, 2.75) is 74.8 Å². The first kappa shape index (κ1) is 20.8. The molecule has 5 fully saturated rings. The van der Waals surface area contributed by atoms with Crippen LogP contribution in [0.25, 0.3) is 0 Å². The van der Waals surface area contributed by atoms with Crippen LogP contribution in [0.3, 0.4) is 0 Å². The fraction of sp³-hybridized carbons (Fsp3) is 0.652. The number of hydrogen-bond acceptors (Lipinski definition) is 4. The second-order valence-electron chi connectivity index (χ2n) is 10.1. The summed E-state index contributed by atoms with van der Waals surface area (Å²) in [5.41, 5.74) is -1.14. The fourth-order valence-corrected chi connectivity index (χ4v) is 6.58. The third-order valence-electron chi connectivity index (χ3n) is 7.95. The molecule has 4 bridgehead atoms. The third-order valence-corrected chi connectivity index (χ3v) is 7.95. The second kappa shape index (κ2) is 6.94. The van der Waals surface area contributed by atoms with E-state index >= 15 is 0 Å². The standard InChI is InChI=1S/C23H27F3N4O/c24-23(25,26)18-3-1-14(2-4-18)12-29-22(5-6-22)20(28)30(13-27)19-16-7-15-8-17(19)11-21(31,9-15)10-16/h1-4,15-17,19,28-29,31H,5-12H2. The van der Waals surface area contributed by atoms with E-state index in [2.05, 4.69) is 11.5 Å². The Morgan fingerprint density at radius 3 is 2.26 bits per heavy atom. The van der Waals surface area contributed by atoms with E-state index in [9.17, 15) is 23.5 Å². The van der Waals surface area contributed by atoms with Crippen molar-refractivity contribution in [3.8, 4) is 6.19 Å². The summed E-state index contributed by atoms with van der Waals surface area (Å²) in [6, 6.07) is 5.03. The average Bonchev–Trinajstić information content (AvgIpc) is 3.48. The van der Waals surface area contributed by atoms with Gasteiger partial charge in [-0.05, 0) is 80.4 Å². The summed E-state index contributed by atoms with van der Waals surface area (Å²) in [7, 11) is 0. The molecular weight excluding hydrogens is 405 g/mol. The molecule has 3 N–H and O–H groups in total. The van der Waals surface area contributed by atoms with E-state index in [1.165, 1.54) is 12.1 Å². The second-order valence-corrected chi connectivity index (χ2v) is 10.1. The number of halogens is 3. The maximum Gasteiger partial charge on any atom is 0.416 e. The summed E-state index contributed by atoms with van der Waals surface area (Å²) in [6.45, 7) is 0.346. The molecule has 5 aliphatic rings. The van der Waals surface area contributed by atoms with Gasteiger partial charge < -0.3 is 10.4 Å². The van der Waals surface area contributed by atoms with Crippen molar-refractivity contribution < 1.29 is 18.3 Å². The van der Waals surface area contributed by atoms with E-state index in [0.29, 0.717) is 30.9 Å². The lowest BCUT2D eigenvalue weighted by atomic mass is 9.52. The maximum absolute atomic E-state index is 12.8. The van der Waals surface area contributed by atoms with Crippen LogP contribution in [0.15, 0.2) is 24.3 Å². The van der Waals surface area contributed by atoms with Crippen LogP contribution in [0.1, 0.15) is 56.1 Å². The van der Waals surface area contributed by atoms with Gasteiger partial charge >= 0.3 is 6.18 Å². The summed E-state index contributed by atoms with van der Waals surface area (Å²) in [6.07, 6.45) is 3.71. The number of nitriles is 1. The Morgan fingerprint density at radius 2 is 1.77 bits per heavy atom. The van der Waals surface area contributed by atoms with Crippen LogP contribution >= 0.6 is 0 Å². The number of nitrogens with zero attached hydrogens (tertiary/aromatic N) is 2. The number of hydrogen-bond donors (Lipinski definition) is 3. The summed E-state index contributed by atoms with van der Waals surface area (Å²) in [5, 5.41) is 33.0. The molecule has 0 saturated heterocycles. The van der Waals surface area contributed by atoms with Gasteiger partial charge in [0.1, 0.15) is 5.84 Å². The molecule has 0 amide bonds. The summed E-state index contributed by atoms with van der Waals surface area (Å²) in [4.78, 5) is 1.59.